The van der Waals surface area contributed by atoms with Crippen molar-refractivity contribution in [1.29, 1.82) is 0 Å². The molecular formula is C28H35NO2. The maximum Gasteiger partial charge on any atom is 0.159 e. The number of hydrogen-bond donors (Lipinski definition) is 0. The van der Waals surface area contributed by atoms with Gasteiger partial charge in [-0.05, 0) is 86.3 Å². The van der Waals surface area contributed by atoms with Gasteiger partial charge in [0, 0.05) is 19.5 Å². The maximum atomic E-state index is 12.4. The molecule has 0 radical (unpaired) electrons. The van der Waals surface area contributed by atoms with Crippen LogP contribution in [0.1, 0.15) is 43.2 Å². The first kappa shape index (κ1) is 21.8. The monoisotopic (exact) mass is 417 g/mol. The number of fused-ring (bicyclic) bond motifs is 1. The summed E-state index contributed by atoms with van der Waals surface area (Å²) in [6.45, 7) is 5.78. The van der Waals surface area contributed by atoms with Crippen LogP contribution < -0.4 is 4.74 Å². The van der Waals surface area contributed by atoms with E-state index >= 15 is 0 Å². The third-order valence-corrected chi connectivity index (χ3v) is 6.87. The highest BCUT2D eigenvalue weighted by atomic mass is 16.5. The molecule has 2 unspecified atom stereocenters. The molecule has 1 heterocycles. The Hall–Kier alpha value is -2.39. The SMILES string of the molecule is COc1ccc(C)cc1.O=C1CC2CCN(CC3CC3)CC2C/C1=C\c1ccccc1. The van der Waals surface area contributed by atoms with Crippen molar-refractivity contribution >= 4 is 11.9 Å². The van der Waals surface area contributed by atoms with Gasteiger partial charge in [0.05, 0.1) is 7.11 Å². The highest BCUT2D eigenvalue weighted by Crippen LogP contribution is 2.39. The number of ketones is 1. The van der Waals surface area contributed by atoms with E-state index in [9.17, 15) is 4.79 Å². The fraction of sp³-hybridized carbons (Fsp3) is 0.464. The topological polar surface area (TPSA) is 29.5 Å². The molecule has 2 aromatic rings. The van der Waals surface area contributed by atoms with Crippen molar-refractivity contribution in [2.45, 2.75) is 39.0 Å². The van der Waals surface area contributed by atoms with Crippen LogP contribution in [0.4, 0.5) is 0 Å². The van der Waals surface area contributed by atoms with Gasteiger partial charge in [0.1, 0.15) is 5.75 Å². The first-order chi connectivity index (χ1) is 15.1. The molecule has 0 bridgehead atoms. The molecule has 3 nitrogen and oxygen atoms in total. The number of aryl methyl sites for hydroxylation is 1. The van der Waals surface area contributed by atoms with Gasteiger partial charge in [-0.1, -0.05) is 48.0 Å². The van der Waals surface area contributed by atoms with E-state index < -0.39 is 0 Å². The summed E-state index contributed by atoms with van der Waals surface area (Å²) in [6, 6.07) is 18.3. The second-order valence-electron chi connectivity index (χ2n) is 9.44. The number of Topliss-reactive ketones (excluding diaryl/α,β-unsaturated/α-hetero) is 1. The molecule has 2 atom stereocenters. The Bertz CT molecular complexity index is 883. The number of nitrogens with zero attached hydrogens (tertiary/aromatic N) is 1. The molecule has 3 fully saturated rings. The van der Waals surface area contributed by atoms with Crippen molar-refractivity contribution < 1.29 is 9.53 Å². The molecule has 2 aromatic carbocycles. The largest absolute Gasteiger partial charge is 0.497 e. The summed E-state index contributed by atoms with van der Waals surface area (Å²) >= 11 is 0. The van der Waals surface area contributed by atoms with E-state index in [4.69, 9.17) is 4.74 Å². The number of allylic oxidation sites excluding steroid dienone is 1. The van der Waals surface area contributed by atoms with Crippen molar-refractivity contribution in [3.63, 3.8) is 0 Å². The van der Waals surface area contributed by atoms with Gasteiger partial charge >= 0.3 is 0 Å². The van der Waals surface area contributed by atoms with E-state index in [1.165, 1.54) is 44.5 Å². The van der Waals surface area contributed by atoms with Gasteiger partial charge in [-0.25, -0.2) is 0 Å². The summed E-state index contributed by atoms with van der Waals surface area (Å²) < 4.78 is 4.97. The molecule has 0 aromatic heterocycles. The van der Waals surface area contributed by atoms with Gasteiger partial charge < -0.3 is 9.64 Å². The van der Waals surface area contributed by atoms with Gasteiger partial charge in [0.25, 0.3) is 0 Å². The van der Waals surface area contributed by atoms with Gasteiger partial charge in [-0.3, -0.25) is 4.79 Å². The fourth-order valence-corrected chi connectivity index (χ4v) is 4.82. The molecule has 5 rings (SSSR count). The van der Waals surface area contributed by atoms with Crippen molar-refractivity contribution in [2.24, 2.45) is 17.8 Å². The minimum Gasteiger partial charge on any atom is -0.497 e. The lowest BCUT2D eigenvalue weighted by atomic mass is 9.72. The first-order valence-electron chi connectivity index (χ1n) is 11.7. The van der Waals surface area contributed by atoms with E-state index in [2.05, 4.69) is 30.0 Å². The van der Waals surface area contributed by atoms with Crippen LogP contribution in [-0.4, -0.2) is 37.4 Å². The van der Waals surface area contributed by atoms with Crippen LogP contribution in [0, 0.1) is 24.7 Å². The molecule has 3 heteroatoms. The lowest BCUT2D eigenvalue weighted by Gasteiger charge is -2.41. The maximum absolute atomic E-state index is 12.4. The zero-order valence-corrected chi connectivity index (χ0v) is 18.9. The number of hydrogen-bond acceptors (Lipinski definition) is 3. The third kappa shape index (κ3) is 6.30. The third-order valence-electron chi connectivity index (χ3n) is 6.87. The van der Waals surface area contributed by atoms with Crippen LogP contribution in [0.25, 0.3) is 6.08 Å². The molecule has 3 aliphatic rings. The normalized spacial score (nSPS) is 24.8. The Balaban J connectivity index is 0.000000217. The molecule has 0 spiro atoms. The second kappa shape index (κ2) is 10.3. The van der Waals surface area contributed by atoms with E-state index in [1.54, 1.807) is 7.11 Å². The number of carbonyl (C=O) groups excluding carboxylic acids is 1. The molecule has 2 aliphatic carbocycles. The van der Waals surface area contributed by atoms with Gasteiger partial charge in [-0.15, -0.1) is 0 Å². The Kier molecular flexibility index (Phi) is 7.24. The number of methoxy groups -OCH3 is 1. The molecule has 1 saturated heterocycles. The summed E-state index contributed by atoms with van der Waals surface area (Å²) in [5, 5.41) is 0. The minimum atomic E-state index is 0.390. The predicted octanol–water partition coefficient (Wildman–Crippen LogP) is 5.78. The number of likely N-dealkylation sites (tertiary alicyclic amines) is 1. The average Bonchev–Trinajstić information content (AvgIpc) is 3.60. The van der Waals surface area contributed by atoms with E-state index in [1.807, 2.05) is 42.5 Å². The van der Waals surface area contributed by atoms with Crippen LogP contribution in [-0.2, 0) is 4.79 Å². The molecular weight excluding hydrogens is 382 g/mol. The van der Waals surface area contributed by atoms with E-state index in [-0.39, 0.29) is 0 Å². The average molecular weight is 418 g/mol. The molecule has 2 saturated carbocycles. The standard InChI is InChI=1S/C20H25NO.C8H10O/c22-20-12-17-8-9-21(13-16-6-7-16)14-19(17)11-18(20)10-15-4-2-1-3-5-15;1-7-3-5-8(9-2)6-4-7/h1-5,10,16-17,19H,6-9,11-14H2;3-6H,1-2H3/b18-10+;. The number of benzene rings is 2. The van der Waals surface area contributed by atoms with Crippen LogP contribution in [0.15, 0.2) is 60.2 Å². The fourth-order valence-electron chi connectivity index (χ4n) is 4.82. The molecule has 1 aliphatic heterocycles. The Morgan fingerprint density at radius 3 is 2.39 bits per heavy atom. The lowest BCUT2D eigenvalue weighted by molar-refractivity contribution is -0.119. The van der Waals surface area contributed by atoms with Crippen LogP contribution >= 0.6 is 0 Å². The van der Waals surface area contributed by atoms with Crippen molar-refractivity contribution in [2.75, 3.05) is 26.7 Å². The minimum absolute atomic E-state index is 0.390. The zero-order valence-electron chi connectivity index (χ0n) is 18.9. The summed E-state index contributed by atoms with van der Waals surface area (Å²) in [7, 11) is 1.67. The van der Waals surface area contributed by atoms with Crippen LogP contribution in [0.3, 0.4) is 0 Å². The number of carbonyl (C=O) groups is 1. The highest BCUT2D eigenvalue weighted by Gasteiger charge is 2.37. The molecule has 0 N–H and O–H groups in total. The second-order valence-corrected chi connectivity index (χ2v) is 9.44. The summed E-state index contributed by atoms with van der Waals surface area (Å²) in [6.07, 6.45) is 7.98. The molecule has 31 heavy (non-hydrogen) atoms. The van der Waals surface area contributed by atoms with E-state index in [0.29, 0.717) is 17.6 Å². The Morgan fingerprint density at radius 2 is 1.71 bits per heavy atom. The Labute approximate surface area is 187 Å². The van der Waals surface area contributed by atoms with Gasteiger partial charge in [0.15, 0.2) is 5.78 Å². The first-order valence-corrected chi connectivity index (χ1v) is 11.7. The van der Waals surface area contributed by atoms with Gasteiger partial charge in [-0.2, -0.15) is 0 Å². The summed E-state index contributed by atoms with van der Waals surface area (Å²) in [5.74, 6) is 3.61. The molecule has 164 valence electrons. The molecule has 0 amide bonds. The van der Waals surface area contributed by atoms with Crippen LogP contribution in [0.2, 0.25) is 0 Å². The number of rotatable bonds is 4. The van der Waals surface area contributed by atoms with Gasteiger partial charge in [0.2, 0.25) is 0 Å². The summed E-state index contributed by atoms with van der Waals surface area (Å²) in [4.78, 5) is 15.1. The smallest absolute Gasteiger partial charge is 0.159 e. The lowest BCUT2D eigenvalue weighted by Crippen LogP contribution is -2.44. The van der Waals surface area contributed by atoms with Crippen molar-refractivity contribution in [3.8, 4) is 5.75 Å². The van der Waals surface area contributed by atoms with Crippen LogP contribution in [0.5, 0.6) is 5.75 Å². The van der Waals surface area contributed by atoms with E-state index in [0.717, 1.165) is 35.6 Å². The van der Waals surface area contributed by atoms with Crippen molar-refractivity contribution in [1.82, 2.24) is 4.90 Å². The van der Waals surface area contributed by atoms with Crippen molar-refractivity contribution in [3.05, 3.63) is 71.3 Å². The number of ether oxygens (including phenoxy) is 1. The number of piperidine rings is 1. The quantitative estimate of drug-likeness (QED) is 0.590. The summed E-state index contributed by atoms with van der Waals surface area (Å²) in [5.41, 5.74) is 3.48. The predicted molar refractivity (Wildman–Crippen MR) is 127 cm³/mol. The highest BCUT2D eigenvalue weighted by molar-refractivity contribution is 6.00. The Morgan fingerprint density at radius 1 is 0.968 bits per heavy atom. The zero-order chi connectivity index (χ0) is 21.6.